The zero-order valence-corrected chi connectivity index (χ0v) is 16.6. The largest absolute Gasteiger partial charge is 0.285 e. The molecule has 0 atom stereocenters. The lowest BCUT2D eigenvalue weighted by atomic mass is 9.92. The number of nitrogens with zero attached hydrogens (tertiary/aromatic N) is 2. The van der Waals surface area contributed by atoms with Crippen molar-refractivity contribution in [1.29, 1.82) is 0 Å². The van der Waals surface area contributed by atoms with E-state index in [1.165, 1.54) is 80.5 Å². The van der Waals surface area contributed by atoms with Gasteiger partial charge >= 0.3 is 0 Å². The first-order valence-electron chi connectivity index (χ1n) is 9.34. The lowest BCUT2D eigenvalue weighted by molar-refractivity contribution is 0.0294. The second-order valence-electron chi connectivity index (χ2n) is 7.16. The highest BCUT2D eigenvalue weighted by molar-refractivity contribution is 6.09. The summed E-state index contributed by atoms with van der Waals surface area (Å²) in [5, 5.41) is 0. The Kier molecular flexibility index (Phi) is 7.48. The van der Waals surface area contributed by atoms with Gasteiger partial charge in [0.25, 0.3) is 0 Å². The van der Waals surface area contributed by atoms with Crippen molar-refractivity contribution in [3.63, 3.8) is 0 Å². The van der Waals surface area contributed by atoms with Gasteiger partial charge in [-0.05, 0) is 45.8 Å². The van der Waals surface area contributed by atoms with Crippen LogP contribution in [0.2, 0.25) is 6.04 Å². The monoisotopic (exact) mass is 308 g/mol. The third kappa shape index (κ3) is 4.94. The molecule has 0 amide bonds. The van der Waals surface area contributed by atoms with Crippen LogP contribution in [0.4, 0.5) is 0 Å². The van der Waals surface area contributed by atoms with E-state index >= 15 is 0 Å². The highest BCUT2D eigenvalue weighted by Gasteiger charge is 2.29. The zero-order valence-electron chi connectivity index (χ0n) is 14.6. The van der Waals surface area contributed by atoms with Crippen LogP contribution in [0.1, 0.15) is 64.2 Å². The van der Waals surface area contributed by atoms with E-state index in [0.717, 1.165) is 12.1 Å². The van der Waals surface area contributed by atoms with Crippen LogP contribution in [0.3, 0.4) is 0 Å². The van der Waals surface area contributed by atoms with Gasteiger partial charge in [0.2, 0.25) is 0 Å². The van der Waals surface area contributed by atoms with Crippen LogP contribution in [0, 0.1) is 0 Å². The summed E-state index contributed by atoms with van der Waals surface area (Å²) in [5.41, 5.74) is 0. The first kappa shape index (κ1) is 17.2. The molecule has 2 aliphatic carbocycles. The summed E-state index contributed by atoms with van der Waals surface area (Å²) in [7, 11) is 6.03. The molecular formula is C18H36N2Si. The summed E-state index contributed by atoms with van der Waals surface area (Å²) in [6, 6.07) is 2.88. The van der Waals surface area contributed by atoms with Crippen LogP contribution < -0.4 is 0 Å². The molecule has 0 spiro atoms. The van der Waals surface area contributed by atoms with E-state index in [0.29, 0.717) is 6.17 Å². The van der Waals surface area contributed by atoms with Gasteiger partial charge in [-0.25, -0.2) is 0 Å². The molecule has 0 aromatic rings. The number of hydrogen-bond acceptors (Lipinski definition) is 2. The van der Waals surface area contributed by atoms with Crippen molar-refractivity contribution in [3.05, 3.63) is 12.2 Å². The minimum Gasteiger partial charge on any atom is -0.285 e. The normalized spacial score (nSPS) is 23.1. The zero-order chi connectivity index (χ0) is 15.1. The molecule has 0 unspecified atom stereocenters. The predicted octanol–water partition coefficient (Wildman–Crippen LogP) is 3.18. The maximum Gasteiger partial charge on any atom is 0.0814 e. The Morgan fingerprint density at radius 1 is 0.857 bits per heavy atom. The number of allylic oxidation sites excluding steroid dienone is 1. The molecule has 0 saturated heterocycles. The van der Waals surface area contributed by atoms with Crippen LogP contribution in [-0.4, -0.2) is 52.4 Å². The topological polar surface area (TPSA) is 6.48 Å². The Labute approximate surface area is 135 Å². The van der Waals surface area contributed by atoms with Gasteiger partial charge in [0.15, 0.2) is 0 Å². The summed E-state index contributed by atoms with van der Waals surface area (Å²) < 4.78 is 0. The molecule has 2 saturated carbocycles. The maximum absolute atomic E-state index is 2.68. The molecule has 0 aromatic carbocycles. The molecule has 21 heavy (non-hydrogen) atoms. The fraction of sp³-hybridized carbons (Fsp3) is 0.889. The molecule has 0 N–H and O–H groups in total. The quantitative estimate of drug-likeness (QED) is 0.422. The maximum atomic E-state index is 2.68. The van der Waals surface area contributed by atoms with E-state index in [1.54, 1.807) is 0 Å². The SMILES string of the molecule is CN(C1CCCCC1)C(C=CC[SiH3])N(C)C1CCCCC1. The van der Waals surface area contributed by atoms with Gasteiger partial charge in [0, 0.05) is 22.3 Å². The van der Waals surface area contributed by atoms with Gasteiger partial charge in [0.1, 0.15) is 0 Å². The Bertz CT molecular complexity index is 282. The molecule has 0 aliphatic heterocycles. The Morgan fingerprint density at radius 3 is 1.67 bits per heavy atom. The van der Waals surface area contributed by atoms with E-state index < -0.39 is 0 Å². The summed E-state index contributed by atoms with van der Waals surface area (Å²) in [6.45, 7) is 0. The molecule has 2 rings (SSSR count). The highest BCUT2D eigenvalue weighted by atomic mass is 28.1. The van der Waals surface area contributed by atoms with Crippen LogP contribution in [0.15, 0.2) is 12.2 Å². The van der Waals surface area contributed by atoms with Crippen LogP contribution in [0.25, 0.3) is 0 Å². The molecule has 0 aromatic heterocycles. The minimum atomic E-state index is 0.519. The van der Waals surface area contributed by atoms with E-state index in [9.17, 15) is 0 Å². The highest BCUT2D eigenvalue weighted by Crippen LogP contribution is 2.28. The van der Waals surface area contributed by atoms with Gasteiger partial charge in [-0.15, -0.1) is 0 Å². The van der Waals surface area contributed by atoms with Crippen molar-refractivity contribution in [1.82, 2.24) is 9.80 Å². The van der Waals surface area contributed by atoms with Crippen molar-refractivity contribution in [3.8, 4) is 0 Å². The molecule has 0 bridgehead atoms. The Balaban J connectivity index is 2.02. The molecule has 2 fully saturated rings. The Morgan fingerprint density at radius 2 is 1.29 bits per heavy atom. The smallest absolute Gasteiger partial charge is 0.0814 e. The van der Waals surface area contributed by atoms with Crippen molar-refractivity contribution >= 4 is 10.2 Å². The van der Waals surface area contributed by atoms with Crippen LogP contribution >= 0.6 is 0 Å². The fourth-order valence-corrected chi connectivity index (χ4v) is 4.50. The number of rotatable bonds is 6. The summed E-state index contributed by atoms with van der Waals surface area (Å²) in [4.78, 5) is 5.36. The average molecular weight is 309 g/mol. The summed E-state index contributed by atoms with van der Waals surface area (Å²) in [6.07, 6.45) is 19.7. The first-order valence-corrected chi connectivity index (χ1v) is 10.8. The fourth-order valence-electron chi connectivity index (χ4n) is 4.23. The van der Waals surface area contributed by atoms with E-state index in [4.69, 9.17) is 0 Å². The molecule has 2 aliphatic rings. The molecule has 122 valence electrons. The molecule has 3 heteroatoms. The number of likely N-dealkylation sites (N-methyl/N-ethyl adjacent to an activating group) is 2. The van der Waals surface area contributed by atoms with Crippen LogP contribution in [0.5, 0.6) is 0 Å². The minimum absolute atomic E-state index is 0.519. The van der Waals surface area contributed by atoms with E-state index in [-0.39, 0.29) is 0 Å². The third-order valence-corrected chi connectivity index (χ3v) is 6.15. The van der Waals surface area contributed by atoms with Gasteiger partial charge in [-0.3, -0.25) is 9.80 Å². The average Bonchev–Trinajstić information content (AvgIpc) is 2.56. The molecular weight excluding hydrogens is 272 g/mol. The van der Waals surface area contributed by atoms with Gasteiger partial charge in [0.05, 0.1) is 6.17 Å². The van der Waals surface area contributed by atoms with E-state index in [1.807, 2.05) is 0 Å². The summed E-state index contributed by atoms with van der Waals surface area (Å²) >= 11 is 0. The van der Waals surface area contributed by atoms with E-state index in [2.05, 4.69) is 36.0 Å². The lowest BCUT2D eigenvalue weighted by Crippen LogP contribution is -2.52. The first-order chi connectivity index (χ1) is 10.2. The van der Waals surface area contributed by atoms with Crippen molar-refractivity contribution in [2.24, 2.45) is 0 Å². The van der Waals surface area contributed by atoms with Gasteiger partial charge in [-0.1, -0.05) is 50.7 Å². The third-order valence-electron chi connectivity index (χ3n) is 5.68. The Hall–Kier alpha value is -0.123. The van der Waals surface area contributed by atoms with Gasteiger partial charge < -0.3 is 0 Å². The number of hydrogen-bond donors (Lipinski definition) is 0. The lowest BCUT2D eigenvalue weighted by Gasteiger charge is -2.44. The molecule has 0 radical (unpaired) electrons. The van der Waals surface area contributed by atoms with Gasteiger partial charge in [-0.2, -0.15) is 0 Å². The second kappa shape index (κ2) is 9.11. The molecule has 2 nitrogen and oxygen atoms in total. The predicted molar refractivity (Wildman–Crippen MR) is 96.9 cm³/mol. The van der Waals surface area contributed by atoms with Crippen LogP contribution in [-0.2, 0) is 0 Å². The van der Waals surface area contributed by atoms with Crippen molar-refractivity contribution in [2.45, 2.75) is 88.5 Å². The van der Waals surface area contributed by atoms with Crippen molar-refractivity contribution in [2.75, 3.05) is 14.1 Å². The van der Waals surface area contributed by atoms with Crippen molar-refractivity contribution < 1.29 is 0 Å². The standard InChI is InChI=1S/C18H36N2Si/c1-19(16-10-5-3-6-11-16)18(14-9-15-21)20(2)17-12-7-4-8-13-17/h9,14,16-18H,3-8,10-13,15H2,1-2,21H3. The molecule has 0 heterocycles. The second-order valence-corrected chi connectivity index (χ2v) is 7.98. The summed E-state index contributed by atoms with van der Waals surface area (Å²) in [5.74, 6) is 0.